The molecule has 2 N–H and O–H groups in total. The van der Waals surface area contributed by atoms with Crippen molar-refractivity contribution in [1.29, 1.82) is 0 Å². The SMILES string of the molecule is CC(=O)c1ccc(NC(=O)c2cc(NC(=O)C3CC3)n(-c3ccccc3)n2)cc1. The van der Waals surface area contributed by atoms with Crippen LogP contribution in [-0.4, -0.2) is 27.4 Å². The Kier molecular flexibility index (Phi) is 4.95. The van der Waals surface area contributed by atoms with Crippen molar-refractivity contribution in [2.24, 2.45) is 5.92 Å². The molecular formula is C22H20N4O3. The van der Waals surface area contributed by atoms with E-state index in [1.807, 2.05) is 30.3 Å². The molecule has 146 valence electrons. The second-order valence-electron chi connectivity index (χ2n) is 7.01. The lowest BCUT2D eigenvalue weighted by molar-refractivity contribution is -0.117. The van der Waals surface area contributed by atoms with E-state index < -0.39 is 5.91 Å². The Morgan fingerprint density at radius 1 is 0.966 bits per heavy atom. The van der Waals surface area contributed by atoms with Crippen LogP contribution in [0.3, 0.4) is 0 Å². The van der Waals surface area contributed by atoms with E-state index in [0.717, 1.165) is 18.5 Å². The number of rotatable bonds is 6. The molecule has 1 aliphatic rings. The van der Waals surface area contributed by atoms with Crippen LogP contribution < -0.4 is 10.6 Å². The molecule has 0 atom stereocenters. The molecule has 0 saturated heterocycles. The summed E-state index contributed by atoms with van der Waals surface area (Å²) in [5.74, 6) is -0.0251. The van der Waals surface area contributed by atoms with Crippen LogP contribution in [0.4, 0.5) is 11.5 Å². The highest BCUT2D eigenvalue weighted by Gasteiger charge is 2.30. The molecule has 7 nitrogen and oxygen atoms in total. The average Bonchev–Trinajstić information content (AvgIpc) is 3.50. The fourth-order valence-electron chi connectivity index (χ4n) is 2.90. The highest BCUT2D eigenvalue weighted by atomic mass is 16.2. The number of hydrogen-bond acceptors (Lipinski definition) is 4. The van der Waals surface area contributed by atoms with Crippen molar-refractivity contribution in [3.63, 3.8) is 0 Å². The topological polar surface area (TPSA) is 93.1 Å². The van der Waals surface area contributed by atoms with Crippen LogP contribution in [0.15, 0.2) is 60.7 Å². The van der Waals surface area contributed by atoms with Gasteiger partial charge in [0.05, 0.1) is 5.69 Å². The fourth-order valence-corrected chi connectivity index (χ4v) is 2.90. The summed E-state index contributed by atoms with van der Waals surface area (Å²) in [5.41, 5.74) is 2.04. The highest BCUT2D eigenvalue weighted by molar-refractivity contribution is 6.04. The monoisotopic (exact) mass is 388 g/mol. The highest BCUT2D eigenvalue weighted by Crippen LogP contribution is 2.30. The number of para-hydroxylation sites is 1. The number of aromatic nitrogens is 2. The van der Waals surface area contributed by atoms with E-state index in [1.54, 1.807) is 35.0 Å². The van der Waals surface area contributed by atoms with E-state index in [2.05, 4.69) is 15.7 Å². The number of Topliss-reactive ketones (excluding diaryl/α,β-unsaturated/α-hetero) is 1. The Hall–Kier alpha value is -3.74. The molecule has 4 rings (SSSR count). The lowest BCUT2D eigenvalue weighted by Gasteiger charge is -2.08. The molecule has 3 aromatic rings. The first-order valence-corrected chi connectivity index (χ1v) is 9.40. The first-order chi connectivity index (χ1) is 14.0. The van der Waals surface area contributed by atoms with E-state index in [1.165, 1.54) is 6.92 Å². The van der Waals surface area contributed by atoms with Gasteiger partial charge >= 0.3 is 0 Å². The molecule has 29 heavy (non-hydrogen) atoms. The minimum absolute atomic E-state index is 0.0335. The number of carbonyl (C=O) groups excluding carboxylic acids is 3. The zero-order valence-electron chi connectivity index (χ0n) is 15.9. The zero-order valence-corrected chi connectivity index (χ0v) is 15.9. The lowest BCUT2D eigenvalue weighted by atomic mass is 10.1. The molecule has 2 aromatic carbocycles. The Bertz CT molecular complexity index is 1070. The third kappa shape index (κ3) is 4.24. The Morgan fingerprint density at radius 3 is 2.28 bits per heavy atom. The predicted molar refractivity (Wildman–Crippen MR) is 109 cm³/mol. The summed E-state index contributed by atoms with van der Waals surface area (Å²) in [4.78, 5) is 36.3. The Morgan fingerprint density at radius 2 is 1.66 bits per heavy atom. The summed E-state index contributed by atoms with van der Waals surface area (Å²) in [7, 11) is 0. The van der Waals surface area contributed by atoms with Crippen molar-refractivity contribution in [2.45, 2.75) is 19.8 Å². The standard InChI is InChI=1S/C22H20N4O3/c1-14(27)15-9-11-17(12-10-15)23-22(29)19-13-20(24-21(28)16-7-8-16)26(25-19)18-5-3-2-4-6-18/h2-6,9-13,16H,7-8H2,1H3,(H,23,29)(H,24,28). The summed E-state index contributed by atoms with van der Waals surface area (Å²) in [5, 5.41) is 10.0. The molecule has 0 aliphatic heterocycles. The van der Waals surface area contributed by atoms with Gasteiger partial charge in [0.25, 0.3) is 5.91 Å². The molecule has 1 fully saturated rings. The van der Waals surface area contributed by atoms with E-state index in [4.69, 9.17) is 0 Å². The minimum Gasteiger partial charge on any atom is -0.321 e. The van der Waals surface area contributed by atoms with Gasteiger partial charge in [-0.2, -0.15) is 5.10 Å². The van der Waals surface area contributed by atoms with Gasteiger partial charge in [-0.15, -0.1) is 0 Å². The number of amides is 2. The number of benzene rings is 2. The van der Waals surface area contributed by atoms with Gasteiger partial charge in [0.15, 0.2) is 11.5 Å². The molecule has 0 unspecified atom stereocenters. The molecule has 7 heteroatoms. The number of anilines is 2. The molecule has 1 aliphatic carbocycles. The summed E-state index contributed by atoms with van der Waals surface area (Å²) in [6.07, 6.45) is 1.77. The van der Waals surface area contributed by atoms with Crippen LogP contribution >= 0.6 is 0 Å². The van der Waals surface area contributed by atoms with Crippen LogP contribution in [0.2, 0.25) is 0 Å². The maximum atomic E-state index is 12.7. The summed E-state index contributed by atoms with van der Waals surface area (Å²) in [6, 6.07) is 17.5. The van der Waals surface area contributed by atoms with Crippen LogP contribution in [0.1, 0.15) is 40.6 Å². The van der Waals surface area contributed by atoms with Crippen molar-refractivity contribution in [3.8, 4) is 5.69 Å². The third-order valence-corrected chi connectivity index (χ3v) is 4.69. The van der Waals surface area contributed by atoms with Gasteiger partial charge in [-0.25, -0.2) is 4.68 Å². The zero-order chi connectivity index (χ0) is 20.4. The van der Waals surface area contributed by atoms with Gasteiger partial charge in [-0.1, -0.05) is 18.2 Å². The first-order valence-electron chi connectivity index (χ1n) is 9.40. The van der Waals surface area contributed by atoms with Crippen molar-refractivity contribution in [2.75, 3.05) is 10.6 Å². The lowest BCUT2D eigenvalue weighted by Crippen LogP contribution is -2.16. The quantitative estimate of drug-likeness (QED) is 0.630. The van der Waals surface area contributed by atoms with Gasteiger partial charge in [-0.3, -0.25) is 14.4 Å². The number of ketones is 1. The van der Waals surface area contributed by atoms with Crippen molar-refractivity contribution in [3.05, 3.63) is 71.9 Å². The molecule has 1 saturated carbocycles. The van der Waals surface area contributed by atoms with Crippen LogP contribution in [-0.2, 0) is 4.79 Å². The maximum Gasteiger partial charge on any atom is 0.276 e. The molecule has 1 aromatic heterocycles. The summed E-state index contributed by atoms with van der Waals surface area (Å²) < 4.78 is 1.55. The molecule has 0 spiro atoms. The molecule has 0 bridgehead atoms. The minimum atomic E-state index is -0.405. The second kappa shape index (κ2) is 7.71. The largest absolute Gasteiger partial charge is 0.321 e. The van der Waals surface area contributed by atoms with E-state index in [9.17, 15) is 14.4 Å². The van der Waals surface area contributed by atoms with Gasteiger partial charge in [0.1, 0.15) is 5.82 Å². The van der Waals surface area contributed by atoms with Crippen LogP contribution in [0, 0.1) is 5.92 Å². The second-order valence-corrected chi connectivity index (χ2v) is 7.01. The average molecular weight is 388 g/mol. The van der Waals surface area contributed by atoms with E-state index in [0.29, 0.717) is 17.1 Å². The summed E-state index contributed by atoms with van der Waals surface area (Å²) in [6.45, 7) is 1.49. The number of carbonyl (C=O) groups is 3. The fraction of sp³-hybridized carbons (Fsp3) is 0.182. The molecule has 0 radical (unpaired) electrons. The van der Waals surface area contributed by atoms with Gasteiger partial charge in [0, 0.05) is 23.2 Å². The molecule has 2 amide bonds. The number of hydrogen-bond donors (Lipinski definition) is 2. The van der Waals surface area contributed by atoms with E-state index >= 15 is 0 Å². The molecule has 1 heterocycles. The Balaban J connectivity index is 1.59. The number of nitrogens with zero attached hydrogens (tertiary/aromatic N) is 2. The van der Waals surface area contributed by atoms with Crippen molar-refractivity contribution >= 4 is 29.1 Å². The predicted octanol–water partition coefficient (Wildman–Crippen LogP) is 3.68. The normalized spacial score (nSPS) is 13.0. The van der Waals surface area contributed by atoms with Gasteiger partial charge in [-0.05, 0) is 56.2 Å². The first kappa shape index (κ1) is 18.6. The van der Waals surface area contributed by atoms with Gasteiger partial charge in [0.2, 0.25) is 5.91 Å². The van der Waals surface area contributed by atoms with Crippen molar-refractivity contribution < 1.29 is 14.4 Å². The van der Waals surface area contributed by atoms with Crippen LogP contribution in [0.25, 0.3) is 5.69 Å². The number of nitrogens with one attached hydrogen (secondary N) is 2. The molecular weight excluding hydrogens is 368 g/mol. The van der Waals surface area contributed by atoms with Gasteiger partial charge < -0.3 is 10.6 Å². The maximum absolute atomic E-state index is 12.7. The third-order valence-electron chi connectivity index (χ3n) is 4.69. The smallest absolute Gasteiger partial charge is 0.276 e. The Labute approximate surface area is 167 Å². The summed E-state index contributed by atoms with van der Waals surface area (Å²) >= 11 is 0. The van der Waals surface area contributed by atoms with Crippen molar-refractivity contribution in [1.82, 2.24) is 9.78 Å². The van der Waals surface area contributed by atoms with E-state index in [-0.39, 0.29) is 23.3 Å². The van der Waals surface area contributed by atoms with Crippen LogP contribution in [0.5, 0.6) is 0 Å².